The predicted octanol–water partition coefficient (Wildman–Crippen LogP) is 1.14. The maximum absolute atomic E-state index is 11.5. The van der Waals surface area contributed by atoms with E-state index in [4.69, 9.17) is 16.3 Å². The number of esters is 1. The van der Waals surface area contributed by atoms with Crippen molar-refractivity contribution in [2.24, 2.45) is 0 Å². The minimum absolute atomic E-state index is 0.141. The van der Waals surface area contributed by atoms with Crippen molar-refractivity contribution < 1.29 is 14.3 Å². The number of aromatic nitrogens is 2. The van der Waals surface area contributed by atoms with Crippen LogP contribution in [0.2, 0.25) is 5.15 Å². The number of ether oxygens (including phenoxy) is 2. The van der Waals surface area contributed by atoms with Crippen LogP contribution in [0.3, 0.4) is 0 Å². The number of carbonyl (C=O) groups excluding carboxylic acids is 1. The normalized spacial score (nSPS) is 19.7. The maximum atomic E-state index is 11.5. The fraction of sp³-hybridized carbons (Fsp3) is 0.545. The summed E-state index contributed by atoms with van der Waals surface area (Å²) in [5.74, 6) is -0.0971. The van der Waals surface area contributed by atoms with Crippen molar-refractivity contribution in [3.05, 3.63) is 16.9 Å². The molecule has 7 heteroatoms. The SMILES string of the molecule is COC(=O)c1cc(Cl)nc(N2CCOC[C@@H]2C)n1. The average Bonchev–Trinajstić information content (AvgIpc) is 2.37. The first-order valence-electron chi connectivity index (χ1n) is 5.59. The summed E-state index contributed by atoms with van der Waals surface area (Å²) in [6, 6.07) is 1.53. The van der Waals surface area contributed by atoms with Gasteiger partial charge in [-0.15, -0.1) is 0 Å². The second-order valence-electron chi connectivity index (χ2n) is 3.98. The van der Waals surface area contributed by atoms with E-state index >= 15 is 0 Å². The molecule has 1 aliphatic heterocycles. The van der Waals surface area contributed by atoms with Crippen LogP contribution < -0.4 is 4.90 Å². The molecule has 18 heavy (non-hydrogen) atoms. The molecule has 0 bridgehead atoms. The second kappa shape index (κ2) is 5.49. The number of anilines is 1. The number of halogens is 1. The Bertz CT molecular complexity index is 455. The minimum atomic E-state index is -0.526. The first-order valence-corrected chi connectivity index (χ1v) is 5.97. The van der Waals surface area contributed by atoms with Crippen molar-refractivity contribution in [1.82, 2.24) is 9.97 Å². The molecule has 0 aromatic carbocycles. The number of methoxy groups -OCH3 is 1. The zero-order chi connectivity index (χ0) is 13.1. The fourth-order valence-electron chi connectivity index (χ4n) is 1.77. The zero-order valence-corrected chi connectivity index (χ0v) is 11.0. The molecule has 0 N–H and O–H groups in total. The van der Waals surface area contributed by atoms with Crippen molar-refractivity contribution in [2.45, 2.75) is 13.0 Å². The zero-order valence-electron chi connectivity index (χ0n) is 10.2. The van der Waals surface area contributed by atoms with Gasteiger partial charge in [-0.25, -0.2) is 14.8 Å². The van der Waals surface area contributed by atoms with Crippen LogP contribution in [0.5, 0.6) is 0 Å². The van der Waals surface area contributed by atoms with Crippen LogP contribution in [0, 0.1) is 0 Å². The van der Waals surface area contributed by atoms with Crippen LogP contribution in [0.15, 0.2) is 6.07 Å². The predicted molar refractivity (Wildman–Crippen MR) is 66.0 cm³/mol. The van der Waals surface area contributed by atoms with E-state index in [9.17, 15) is 4.79 Å². The van der Waals surface area contributed by atoms with E-state index in [1.165, 1.54) is 13.2 Å². The number of morpholine rings is 1. The molecule has 1 aromatic heterocycles. The van der Waals surface area contributed by atoms with Crippen LogP contribution >= 0.6 is 11.6 Å². The first-order chi connectivity index (χ1) is 8.61. The smallest absolute Gasteiger partial charge is 0.356 e. The van der Waals surface area contributed by atoms with E-state index in [-0.39, 0.29) is 16.9 Å². The van der Waals surface area contributed by atoms with Gasteiger partial charge in [0.05, 0.1) is 26.4 Å². The van der Waals surface area contributed by atoms with Crippen LogP contribution in [0.1, 0.15) is 17.4 Å². The van der Waals surface area contributed by atoms with Crippen molar-refractivity contribution in [1.29, 1.82) is 0 Å². The van der Waals surface area contributed by atoms with E-state index in [2.05, 4.69) is 14.7 Å². The Hall–Kier alpha value is -1.40. The summed E-state index contributed by atoms with van der Waals surface area (Å²) >= 11 is 5.90. The topological polar surface area (TPSA) is 64.5 Å². The molecule has 1 saturated heterocycles. The Morgan fingerprint density at radius 2 is 2.39 bits per heavy atom. The van der Waals surface area contributed by atoms with Gasteiger partial charge in [-0.1, -0.05) is 11.6 Å². The molecule has 0 unspecified atom stereocenters. The average molecular weight is 272 g/mol. The monoisotopic (exact) mass is 271 g/mol. The third-order valence-electron chi connectivity index (χ3n) is 2.70. The lowest BCUT2D eigenvalue weighted by Gasteiger charge is -2.33. The van der Waals surface area contributed by atoms with Gasteiger partial charge in [0, 0.05) is 12.6 Å². The summed E-state index contributed by atoms with van der Waals surface area (Å²) in [6.07, 6.45) is 0. The molecule has 0 aliphatic carbocycles. The lowest BCUT2D eigenvalue weighted by Crippen LogP contribution is -2.44. The van der Waals surface area contributed by atoms with Gasteiger partial charge in [0.2, 0.25) is 5.95 Å². The number of rotatable bonds is 2. The molecule has 0 saturated carbocycles. The maximum Gasteiger partial charge on any atom is 0.356 e. The molecule has 1 aromatic rings. The van der Waals surface area contributed by atoms with Crippen molar-refractivity contribution in [3.63, 3.8) is 0 Å². The highest BCUT2D eigenvalue weighted by Gasteiger charge is 2.23. The summed E-state index contributed by atoms with van der Waals surface area (Å²) < 4.78 is 9.97. The van der Waals surface area contributed by atoms with E-state index in [0.717, 1.165) is 0 Å². The molecule has 0 amide bonds. The van der Waals surface area contributed by atoms with E-state index in [1.807, 2.05) is 11.8 Å². The highest BCUT2D eigenvalue weighted by molar-refractivity contribution is 6.29. The van der Waals surface area contributed by atoms with E-state index < -0.39 is 5.97 Å². The largest absolute Gasteiger partial charge is 0.464 e. The third-order valence-corrected chi connectivity index (χ3v) is 2.90. The summed E-state index contributed by atoms with van der Waals surface area (Å²) in [5, 5.41) is 0.221. The second-order valence-corrected chi connectivity index (χ2v) is 4.37. The molecule has 2 heterocycles. The van der Waals surface area contributed by atoms with Gasteiger partial charge < -0.3 is 14.4 Å². The van der Waals surface area contributed by atoms with Crippen molar-refractivity contribution in [3.8, 4) is 0 Å². The lowest BCUT2D eigenvalue weighted by molar-refractivity contribution is 0.0593. The van der Waals surface area contributed by atoms with E-state index in [0.29, 0.717) is 25.7 Å². The molecule has 1 atom stereocenters. The Labute approximate surface area is 110 Å². The molecule has 1 fully saturated rings. The van der Waals surface area contributed by atoms with Crippen LogP contribution in [-0.2, 0) is 9.47 Å². The summed E-state index contributed by atoms with van der Waals surface area (Å²) in [7, 11) is 1.30. The van der Waals surface area contributed by atoms with Gasteiger partial charge in [-0.2, -0.15) is 0 Å². The molecule has 0 spiro atoms. The van der Waals surface area contributed by atoms with Crippen molar-refractivity contribution in [2.75, 3.05) is 31.8 Å². The molecule has 6 nitrogen and oxygen atoms in total. The Morgan fingerprint density at radius 1 is 1.61 bits per heavy atom. The fourth-order valence-corrected chi connectivity index (χ4v) is 1.95. The van der Waals surface area contributed by atoms with Crippen LogP contribution in [0.4, 0.5) is 5.95 Å². The summed E-state index contributed by atoms with van der Waals surface area (Å²) in [5.41, 5.74) is 0.159. The summed E-state index contributed by atoms with van der Waals surface area (Å²) in [6.45, 7) is 3.88. The number of hydrogen-bond donors (Lipinski definition) is 0. The van der Waals surface area contributed by atoms with Crippen molar-refractivity contribution >= 4 is 23.5 Å². The first kappa shape index (κ1) is 13.0. The molecule has 1 aliphatic rings. The molecule has 0 radical (unpaired) electrons. The van der Waals surface area contributed by atoms with Gasteiger partial charge in [0.25, 0.3) is 0 Å². The summed E-state index contributed by atoms with van der Waals surface area (Å²) in [4.78, 5) is 21.7. The Morgan fingerprint density at radius 3 is 3.06 bits per heavy atom. The van der Waals surface area contributed by atoms with Gasteiger partial charge >= 0.3 is 5.97 Å². The standard InChI is InChI=1S/C11H14ClN3O3/c1-7-6-18-4-3-15(7)11-13-8(10(16)17-2)5-9(12)14-11/h5,7H,3-4,6H2,1-2H3/t7-/m0/s1. The van der Waals surface area contributed by atoms with Gasteiger partial charge in [-0.05, 0) is 6.92 Å². The van der Waals surface area contributed by atoms with Gasteiger partial charge in [-0.3, -0.25) is 0 Å². The van der Waals surface area contributed by atoms with Crippen LogP contribution in [-0.4, -0.2) is 48.8 Å². The lowest BCUT2D eigenvalue weighted by atomic mass is 10.3. The molecular formula is C11H14ClN3O3. The molecule has 2 rings (SSSR count). The molecular weight excluding hydrogens is 258 g/mol. The highest BCUT2D eigenvalue weighted by atomic mass is 35.5. The number of hydrogen-bond acceptors (Lipinski definition) is 6. The van der Waals surface area contributed by atoms with Gasteiger partial charge in [0.15, 0.2) is 5.69 Å². The third kappa shape index (κ3) is 2.70. The number of nitrogens with zero attached hydrogens (tertiary/aromatic N) is 3. The van der Waals surface area contributed by atoms with Gasteiger partial charge in [0.1, 0.15) is 5.15 Å². The minimum Gasteiger partial charge on any atom is -0.464 e. The van der Waals surface area contributed by atoms with Crippen LogP contribution in [0.25, 0.3) is 0 Å². The number of carbonyl (C=O) groups is 1. The quantitative estimate of drug-likeness (QED) is 0.594. The highest BCUT2D eigenvalue weighted by Crippen LogP contribution is 2.18. The van der Waals surface area contributed by atoms with E-state index in [1.54, 1.807) is 0 Å². The Balaban J connectivity index is 2.32. The Kier molecular flexibility index (Phi) is 3.98. The molecule has 98 valence electrons.